The van der Waals surface area contributed by atoms with E-state index in [1.807, 2.05) is 12.1 Å². The van der Waals surface area contributed by atoms with Gasteiger partial charge >= 0.3 is 0 Å². The number of allylic oxidation sites excluding steroid dienone is 2. The van der Waals surface area contributed by atoms with Crippen molar-refractivity contribution in [2.45, 2.75) is 20.3 Å². The highest BCUT2D eigenvalue weighted by atomic mass is 35.5. The van der Waals surface area contributed by atoms with E-state index in [2.05, 4.69) is 19.9 Å². The van der Waals surface area contributed by atoms with Crippen LogP contribution in [0.4, 0.5) is 0 Å². The summed E-state index contributed by atoms with van der Waals surface area (Å²) in [5.41, 5.74) is 5.43. The van der Waals surface area contributed by atoms with Crippen LogP contribution in [-0.4, -0.2) is 0 Å². The van der Waals surface area contributed by atoms with Crippen LogP contribution in [-0.2, 0) is 6.42 Å². The lowest BCUT2D eigenvalue weighted by atomic mass is 10.1. The molecule has 1 aromatic carbocycles. The van der Waals surface area contributed by atoms with Crippen LogP contribution in [0.1, 0.15) is 25.0 Å². The summed E-state index contributed by atoms with van der Waals surface area (Å²) < 4.78 is 0. The second-order valence-corrected chi connectivity index (χ2v) is 3.76. The second-order valence-electron chi connectivity index (χ2n) is 3.36. The van der Waals surface area contributed by atoms with Crippen LogP contribution in [0.3, 0.4) is 0 Å². The third kappa shape index (κ3) is 0.987. The third-order valence-electron chi connectivity index (χ3n) is 2.57. The highest BCUT2D eigenvalue weighted by molar-refractivity contribution is 6.32. The summed E-state index contributed by atoms with van der Waals surface area (Å²) in [5.74, 6) is 0. The Labute approximate surface area is 77.9 Å². The van der Waals surface area contributed by atoms with Gasteiger partial charge in [0.2, 0.25) is 0 Å². The fourth-order valence-corrected chi connectivity index (χ4v) is 2.10. The Balaban J connectivity index is 2.67. The quantitative estimate of drug-likeness (QED) is 0.569. The first-order chi connectivity index (χ1) is 5.70. The molecule has 0 atom stereocenters. The molecule has 0 aromatic heterocycles. The molecule has 1 aliphatic rings. The lowest BCUT2D eigenvalue weighted by Crippen LogP contribution is -1.82. The largest absolute Gasteiger partial charge is 0.0837 e. The minimum atomic E-state index is 0.891. The minimum Gasteiger partial charge on any atom is -0.0837 e. The number of rotatable bonds is 0. The first kappa shape index (κ1) is 7.88. The highest BCUT2D eigenvalue weighted by Crippen LogP contribution is 2.36. The van der Waals surface area contributed by atoms with E-state index in [4.69, 9.17) is 11.6 Å². The lowest BCUT2D eigenvalue weighted by Gasteiger charge is -2.02. The number of benzene rings is 1. The van der Waals surface area contributed by atoms with Gasteiger partial charge in [-0.25, -0.2) is 0 Å². The SMILES string of the molecule is CC1=C(C)c2c(Cl)cccc2C1. The summed E-state index contributed by atoms with van der Waals surface area (Å²) in [7, 11) is 0. The minimum absolute atomic E-state index is 0.891. The van der Waals surface area contributed by atoms with E-state index in [1.165, 1.54) is 22.3 Å². The van der Waals surface area contributed by atoms with Crippen molar-refractivity contribution in [1.29, 1.82) is 0 Å². The van der Waals surface area contributed by atoms with Gasteiger partial charge in [-0.15, -0.1) is 0 Å². The number of hydrogen-bond acceptors (Lipinski definition) is 0. The topological polar surface area (TPSA) is 0 Å². The van der Waals surface area contributed by atoms with E-state index in [9.17, 15) is 0 Å². The molecule has 2 rings (SSSR count). The Morgan fingerprint density at radius 1 is 1.25 bits per heavy atom. The van der Waals surface area contributed by atoms with Crippen molar-refractivity contribution in [1.82, 2.24) is 0 Å². The Kier molecular flexibility index (Phi) is 1.73. The zero-order valence-corrected chi connectivity index (χ0v) is 8.07. The maximum atomic E-state index is 6.10. The number of hydrogen-bond donors (Lipinski definition) is 0. The summed E-state index contributed by atoms with van der Waals surface area (Å²) in [6.07, 6.45) is 1.07. The maximum absolute atomic E-state index is 6.10. The van der Waals surface area contributed by atoms with Gasteiger partial charge in [-0.3, -0.25) is 0 Å². The van der Waals surface area contributed by atoms with Crippen LogP contribution in [0.25, 0.3) is 5.57 Å². The van der Waals surface area contributed by atoms with Crippen molar-refractivity contribution in [2.24, 2.45) is 0 Å². The van der Waals surface area contributed by atoms with Gasteiger partial charge in [0.05, 0.1) is 0 Å². The highest BCUT2D eigenvalue weighted by Gasteiger charge is 2.17. The van der Waals surface area contributed by atoms with Crippen molar-refractivity contribution < 1.29 is 0 Å². The Bertz CT molecular complexity index is 361. The number of fused-ring (bicyclic) bond motifs is 1. The van der Waals surface area contributed by atoms with Crippen molar-refractivity contribution in [3.8, 4) is 0 Å². The summed E-state index contributed by atoms with van der Waals surface area (Å²) in [4.78, 5) is 0. The maximum Gasteiger partial charge on any atom is 0.0483 e. The second kappa shape index (κ2) is 2.63. The van der Waals surface area contributed by atoms with Gasteiger partial charge in [-0.1, -0.05) is 29.3 Å². The van der Waals surface area contributed by atoms with E-state index in [0.717, 1.165) is 11.4 Å². The molecule has 12 heavy (non-hydrogen) atoms. The third-order valence-corrected chi connectivity index (χ3v) is 2.89. The normalized spacial score (nSPS) is 15.2. The van der Waals surface area contributed by atoms with E-state index < -0.39 is 0 Å². The zero-order valence-electron chi connectivity index (χ0n) is 7.32. The van der Waals surface area contributed by atoms with Gasteiger partial charge in [0.1, 0.15) is 0 Å². The Morgan fingerprint density at radius 2 is 2.00 bits per heavy atom. The fraction of sp³-hybridized carbons (Fsp3) is 0.273. The van der Waals surface area contributed by atoms with Crippen molar-refractivity contribution in [3.63, 3.8) is 0 Å². The van der Waals surface area contributed by atoms with Crippen LogP contribution in [0.5, 0.6) is 0 Å². The van der Waals surface area contributed by atoms with Crippen molar-refractivity contribution in [3.05, 3.63) is 39.9 Å². The molecule has 1 aliphatic carbocycles. The zero-order chi connectivity index (χ0) is 8.72. The van der Waals surface area contributed by atoms with Gasteiger partial charge < -0.3 is 0 Å². The van der Waals surface area contributed by atoms with Gasteiger partial charge in [0, 0.05) is 5.02 Å². The Hall–Kier alpha value is -0.750. The molecule has 0 aliphatic heterocycles. The van der Waals surface area contributed by atoms with Crippen molar-refractivity contribution >= 4 is 17.2 Å². The first-order valence-corrected chi connectivity index (χ1v) is 4.52. The van der Waals surface area contributed by atoms with Gasteiger partial charge in [-0.05, 0) is 43.0 Å². The molecule has 0 unspecified atom stereocenters. The van der Waals surface area contributed by atoms with Crippen LogP contribution >= 0.6 is 11.6 Å². The smallest absolute Gasteiger partial charge is 0.0483 e. The first-order valence-electron chi connectivity index (χ1n) is 4.14. The van der Waals surface area contributed by atoms with Gasteiger partial charge in [0.15, 0.2) is 0 Å². The predicted molar refractivity (Wildman–Crippen MR) is 53.4 cm³/mol. The number of halogens is 1. The molecule has 0 radical (unpaired) electrons. The van der Waals surface area contributed by atoms with E-state index in [1.54, 1.807) is 0 Å². The molecule has 0 amide bonds. The van der Waals surface area contributed by atoms with E-state index >= 15 is 0 Å². The molecule has 0 heterocycles. The van der Waals surface area contributed by atoms with Crippen LogP contribution < -0.4 is 0 Å². The summed E-state index contributed by atoms with van der Waals surface area (Å²) in [6.45, 7) is 4.32. The van der Waals surface area contributed by atoms with Gasteiger partial charge in [0.25, 0.3) is 0 Å². The predicted octanol–water partition coefficient (Wildman–Crippen LogP) is 3.69. The molecule has 1 heteroatoms. The average molecular weight is 179 g/mol. The van der Waals surface area contributed by atoms with Gasteiger partial charge in [-0.2, -0.15) is 0 Å². The summed E-state index contributed by atoms with van der Waals surface area (Å²) in [5, 5.41) is 0.891. The fourth-order valence-electron chi connectivity index (χ4n) is 1.77. The Morgan fingerprint density at radius 3 is 2.67 bits per heavy atom. The van der Waals surface area contributed by atoms with Crippen molar-refractivity contribution in [2.75, 3.05) is 0 Å². The molecule has 62 valence electrons. The average Bonchev–Trinajstić information content (AvgIpc) is 2.29. The van der Waals surface area contributed by atoms with Crippen LogP contribution in [0.2, 0.25) is 5.02 Å². The molecular weight excluding hydrogens is 168 g/mol. The summed E-state index contributed by atoms with van der Waals surface area (Å²) in [6, 6.07) is 6.14. The molecule has 0 saturated carbocycles. The molecular formula is C11H11Cl. The van der Waals surface area contributed by atoms with E-state index in [0.29, 0.717) is 0 Å². The van der Waals surface area contributed by atoms with Crippen LogP contribution in [0.15, 0.2) is 23.8 Å². The molecule has 0 bridgehead atoms. The standard InChI is InChI=1S/C11H11Cl/c1-7-6-9-4-3-5-10(12)11(9)8(7)2/h3-5H,6H2,1-2H3. The molecule has 0 N–H and O–H groups in total. The lowest BCUT2D eigenvalue weighted by molar-refractivity contribution is 1.19. The molecule has 0 saturated heterocycles. The molecule has 1 aromatic rings. The molecule has 0 nitrogen and oxygen atoms in total. The molecule has 0 fully saturated rings. The molecule has 0 spiro atoms. The van der Waals surface area contributed by atoms with Crippen LogP contribution in [0, 0.1) is 0 Å². The van der Waals surface area contributed by atoms with E-state index in [-0.39, 0.29) is 0 Å². The monoisotopic (exact) mass is 178 g/mol. The summed E-state index contributed by atoms with van der Waals surface area (Å²) >= 11 is 6.10.